The summed E-state index contributed by atoms with van der Waals surface area (Å²) in [6.45, 7) is 5.91. The molecule has 0 saturated carbocycles. The van der Waals surface area contributed by atoms with Gasteiger partial charge in [0.15, 0.2) is 0 Å². The van der Waals surface area contributed by atoms with E-state index in [0.29, 0.717) is 6.54 Å². The summed E-state index contributed by atoms with van der Waals surface area (Å²) < 4.78 is 2.45. The molecule has 1 N–H and O–H groups in total. The van der Waals surface area contributed by atoms with E-state index in [4.69, 9.17) is 0 Å². The summed E-state index contributed by atoms with van der Waals surface area (Å²) in [6.07, 6.45) is 2.02. The van der Waals surface area contributed by atoms with Crippen LogP contribution in [0.2, 0.25) is 0 Å². The number of amides is 1. The van der Waals surface area contributed by atoms with E-state index in [0.717, 1.165) is 24.9 Å². The number of carbonyl (C=O) groups is 1. The molecule has 0 spiro atoms. The van der Waals surface area contributed by atoms with Crippen LogP contribution in [0.25, 0.3) is 32.9 Å². The van der Waals surface area contributed by atoms with Crippen molar-refractivity contribution < 1.29 is 4.79 Å². The van der Waals surface area contributed by atoms with Gasteiger partial charge >= 0.3 is 0 Å². The summed E-state index contributed by atoms with van der Waals surface area (Å²) in [5.74, 6) is 0.0786. The van der Waals surface area contributed by atoms with Gasteiger partial charge in [-0.1, -0.05) is 42.0 Å². The predicted molar refractivity (Wildman–Crippen MR) is 114 cm³/mol. The zero-order valence-corrected chi connectivity index (χ0v) is 16.2. The molecule has 0 unspecified atom stereocenters. The molecule has 1 aliphatic heterocycles. The van der Waals surface area contributed by atoms with E-state index in [2.05, 4.69) is 66.2 Å². The van der Waals surface area contributed by atoms with Crippen LogP contribution in [0.15, 0.2) is 42.5 Å². The Hall–Kier alpha value is -3.07. The van der Waals surface area contributed by atoms with E-state index in [9.17, 15) is 4.79 Å². The van der Waals surface area contributed by atoms with E-state index in [1.807, 2.05) is 0 Å². The number of aromatic nitrogens is 1. The molecule has 3 nitrogen and oxygen atoms in total. The van der Waals surface area contributed by atoms with Crippen molar-refractivity contribution in [2.45, 2.75) is 39.8 Å². The molecule has 3 aromatic carbocycles. The Morgan fingerprint density at radius 1 is 1.04 bits per heavy atom. The van der Waals surface area contributed by atoms with Crippen LogP contribution in [0.5, 0.6) is 0 Å². The molecule has 0 radical (unpaired) electrons. The minimum absolute atomic E-state index is 0.0786. The van der Waals surface area contributed by atoms with E-state index < -0.39 is 0 Å². The van der Waals surface area contributed by atoms with Gasteiger partial charge in [0.05, 0.1) is 11.1 Å². The maximum absolute atomic E-state index is 13.0. The Morgan fingerprint density at radius 2 is 1.89 bits per heavy atom. The van der Waals surface area contributed by atoms with Gasteiger partial charge in [0.1, 0.15) is 0 Å². The number of nitrogens with one attached hydrogen (secondary N) is 1. The van der Waals surface area contributed by atoms with Crippen LogP contribution < -0.4 is 5.32 Å². The van der Waals surface area contributed by atoms with Crippen molar-refractivity contribution >= 4 is 27.7 Å². The lowest BCUT2D eigenvalue weighted by Crippen LogP contribution is -2.15. The highest BCUT2D eigenvalue weighted by atomic mass is 16.1. The fourth-order valence-electron chi connectivity index (χ4n) is 5.45. The van der Waals surface area contributed by atoms with E-state index >= 15 is 0 Å². The number of nitrogens with zero attached hydrogens (tertiary/aromatic N) is 1. The van der Waals surface area contributed by atoms with Gasteiger partial charge in [0.2, 0.25) is 0 Å². The molecular formula is C25H22N2O. The molecule has 28 heavy (non-hydrogen) atoms. The first-order valence-electron chi connectivity index (χ1n) is 10.2. The molecule has 1 aliphatic carbocycles. The van der Waals surface area contributed by atoms with Gasteiger partial charge < -0.3 is 9.88 Å². The van der Waals surface area contributed by atoms with E-state index in [-0.39, 0.29) is 5.91 Å². The number of benzene rings is 3. The summed E-state index contributed by atoms with van der Waals surface area (Å²) in [4.78, 5) is 13.0. The summed E-state index contributed by atoms with van der Waals surface area (Å²) in [7, 11) is 0. The number of hydrogen-bond donors (Lipinski definition) is 1. The first-order chi connectivity index (χ1) is 13.7. The molecule has 4 aromatic rings. The normalized spacial score (nSPS) is 14.9. The number of aryl methyl sites for hydroxylation is 4. The number of hydrogen-bond acceptors (Lipinski definition) is 1. The molecule has 1 amide bonds. The first kappa shape index (κ1) is 15.9. The third-order valence-corrected chi connectivity index (χ3v) is 6.56. The molecule has 0 bridgehead atoms. The second-order valence-corrected chi connectivity index (χ2v) is 8.04. The molecule has 0 atom stereocenters. The third kappa shape index (κ3) is 1.86. The number of rotatable bonds is 1. The summed E-state index contributed by atoms with van der Waals surface area (Å²) in [5.41, 5.74) is 11.1. The van der Waals surface area contributed by atoms with Crippen LogP contribution in [0, 0.1) is 6.92 Å². The average molecular weight is 366 g/mol. The van der Waals surface area contributed by atoms with Crippen LogP contribution in [0.3, 0.4) is 0 Å². The highest BCUT2D eigenvalue weighted by Crippen LogP contribution is 2.46. The quantitative estimate of drug-likeness (QED) is 0.498. The number of para-hydroxylation sites is 1. The van der Waals surface area contributed by atoms with Crippen molar-refractivity contribution in [3.8, 4) is 11.1 Å². The van der Waals surface area contributed by atoms with Gasteiger partial charge in [-0.2, -0.15) is 0 Å². The van der Waals surface area contributed by atoms with E-state index in [1.54, 1.807) is 0 Å². The minimum Gasteiger partial charge on any atom is -0.348 e. The molecule has 3 heteroatoms. The van der Waals surface area contributed by atoms with Crippen molar-refractivity contribution in [1.29, 1.82) is 0 Å². The molecule has 6 rings (SSSR count). The minimum atomic E-state index is 0.0786. The maximum atomic E-state index is 13.0. The second kappa shape index (κ2) is 5.48. The molecule has 2 heterocycles. The summed E-state index contributed by atoms with van der Waals surface area (Å²) in [6, 6.07) is 15.3. The van der Waals surface area contributed by atoms with Gasteiger partial charge in [-0.25, -0.2) is 0 Å². The predicted octanol–water partition coefficient (Wildman–Crippen LogP) is 5.13. The molecule has 1 aromatic heterocycles. The SMILES string of the molecule is CCn1c2ccccc2c2c3c(c4c(c21)CCc1cc(C)ccc1-4)C(=O)NC3. The van der Waals surface area contributed by atoms with Crippen LogP contribution in [0.1, 0.15) is 39.5 Å². The van der Waals surface area contributed by atoms with Crippen molar-refractivity contribution in [1.82, 2.24) is 9.88 Å². The number of carbonyl (C=O) groups excluding carboxylic acids is 1. The molecule has 0 fully saturated rings. The standard InChI is InChI=1S/C25H22N2O/c1-3-27-20-7-5-4-6-17(20)22-19-13-26-25(28)23(19)21-16-10-8-14(2)12-15(16)9-11-18(21)24(22)27/h4-8,10,12H,3,9,11,13H2,1-2H3,(H,26,28). The molecule has 2 aliphatic rings. The first-order valence-corrected chi connectivity index (χ1v) is 10.2. The maximum Gasteiger partial charge on any atom is 0.252 e. The summed E-state index contributed by atoms with van der Waals surface area (Å²) >= 11 is 0. The van der Waals surface area contributed by atoms with Crippen LogP contribution in [-0.4, -0.2) is 10.5 Å². The monoisotopic (exact) mass is 366 g/mol. The van der Waals surface area contributed by atoms with Crippen LogP contribution in [-0.2, 0) is 25.9 Å². The van der Waals surface area contributed by atoms with Gasteiger partial charge in [0, 0.05) is 34.9 Å². The zero-order chi connectivity index (χ0) is 19.0. The zero-order valence-electron chi connectivity index (χ0n) is 16.2. The second-order valence-electron chi connectivity index (χ2n) is 8.04. The highest BCUT2D eigenvalue weighted by Gasteiger charge is 2.33. The van der Waals surface area contributed by atoms with Gasteiger partial charge in [-0.3, -0.25) is 4.79 Å². The average Bonchev–Trinajstić information content (AvgIpc) is 3.25. The Morgan fingerprint density at radius 3 is 2.75 bits per heavy atom. The Labute approximate surface area is 164 Å². The fraction of sp³-hybridized carbons (Fsp3) is 0.240. The molecule has 0 saturated heterocycles. The smallest absolute Gasteiger partial charge is 0.252 e. The van der Waals surface area contributed by atoms with Gasteiger partial charge in [0.25, 0.3) is 5.91 Å². The Balaban J connectivity index is 1.88. The van der Waals surface area contributed by atoms with Gasteiger partial charge in [-0.05, 0) is 55.0 Å². The molecule has 138 valence electrons. The molecular weight excluding hydrogens is 344 g/mol. The Bertz CT molecular complexity index is 1330. The lowest BCUT2D eigenvalue weighted by molar-refractivity contribution is 0.0966. The largest absolute Gasteiger partial charge is 0.348 e. The van der Waals surface area contributed by atoms with Gasteiger partial charge in [-0.15, -0.1) is 0 Å². The van der Waals surface area contributed by atoms with Crippen LogP contribution >= 0.6 is 0 Å². The lowest BCUT2D eigenvalue weighted by Gasteiger charge is -2.24. The topological polar surface area (TPSA) is 34.0 Å². The number of fused-ring (bicyclic) bond motifs is 10. The highest BCUT2D eigenvalue weighted by molar-refractivity contribution is 6.19. The van der Waals surface area contributed by atoms with Crippen molar-refractivity contribution in [2.75, 3.05) is 0 Å². The van der Waals surface area contributed by atoms with Crippen LogP contribution in [0.4, 0.5) is 0 Å². The van der Waals surface area contributed by atoms with Crippen molar-refractivity contribution in [2.24, 2.45) is 0 Å². The third-order valence-electron chi connectivity index (χ3n) is 6.56. The lowest BCUT2D eigenvalue weighted by atomic mass is 9.79. The van der Waals surface area contributed by atoms with Crippen molar-refractivity contribution in [3.05, 3.63) is 70.3 Å². The Kier molecular flexibility index (Phi) is 3.12. The van der Waals surface area contributed by atoms with Crippen molar-refractivity contribution in [3.63, 3.8) is 0 Å². The van der Waals surface area contributed by atoms with E-state index in [1.165, 1.54) is 55.2 Å². The fourth-order valence-corrected chi connectivity index (χ4v) is 5.45. The summed E-state index contributed by atoms with van der Waals surface area (Å²) in [5, 5.41) is 5.66.